The molecule has 3 aromatic rings. The molecule has 0 spiro atoms. The Balaban J connectivity index is 1.65. The Hall–Kier alpha value is -3.28. The van der Waals surface area contributed by atoms with E-state index in [1.165, 1.54) is 0 Å². The predicted octanol–water partition coefficient (Wildman–Crippen LogP) is 3.07. The molecule has 2 aromatic carbocycles. The van der Waals surface area contributed by atoms with Crippen LogP contribution in [0, 0.1) is 0 Å². The molecule has 0 saturated carbocycles. The first-order chi connectivity index (χ1) is 13.5. The van der Waals surface area contributed by atoms with Crippen LogP contribution in [-0.2, 0) is 13.0 Å². The van der Waals surface area contributed by atoms with E-state index < -0.39 is 0 Å². The first kappa shape index (κ1) is 18.1. The fraction of sp³-hybridized carbons (Fsp3) is 0.273. The van der Waals surface area contributed by atoms with Crippen molar-refractivity contribution in [2.45, 2.75) is 25.9 Å². The summed E-state index contributed by atoms with van der Waals surface area (Å²) in [5, 5.41) is 3.53. The van der Waals surface area contributed by atoms with Crippen LogP contribution < -0.4 is 20.2 Å². The number of nitrogens with one attached hydrogen (secondary N) is 1. The number of hydrogen-bond acceptors (Lipinski definition) is 4. The second-order valence-electron chi connectivity index (χ2n) is 6.94. The van der Waals surface area contributed by atoms with Crippen molar-refractivity contribution >= 4 is 16.8 Å². The molecule has 1 amide bonds. The van der Waals surface area contributed by atoms with Gasteiger partial charge in [0.15, 0.2) is 11.5 Å². The Bertz CT molecular complexity index is 1130. The van der Waals surface area contributed by atoms with Crippen molar-refractivity contribution in [1.82, 2.24) is 9.88 Å². The third-order valence-corrected chi connectivity index (χ3v) is 5.30. The lowest BCUT2D eigenvalue weighted by atomic mass is 10.1. The van der Waals surface area contributed by atoms with Gasteiger partial charge in [0.25, 0.3) is 5.91 Å². The Kier molecular flexibility index (Phi) is 4.55. The second-order valence-corrected chi connectivity index (χ2v) is 6.94. The maximum Gasteiger partial charge on any atom is 0.257 e. The van der Waals surface area contributed by atoms with E-state index in [1.807, 2.05) is 35.8 Å². The Morgan fingerprint density at radius 3 is 2.68 bits per heavy atom. The molecule has 0 unspecified atom stereocenters. The van der Waals surface area contributed by atoms with Crippen LogP contribution in [0.4, 0.5) is 0 Å². The van der Waals surface area contributed by atoms with Crippen molar-refractivity contribution in [2.24, 2.45) is 0 Å². The van der Waals surface area contributed by atoms with Gasteiger partial charge in [0.05, 0.1) is 25.8 Å². The zero-order valence-corrected chi connectivity index (χ0v) is 16.1. The molecule has 0 aliphatic carbocycles. The summed E-state index contributed by atoms with van der Waals surface area (Å²) < 4.78 is 12.6. The standard InChI is InChI=1S/C22H22N2O4/c1-13(15-7-8-18(27-2)19(11-15)28-3)23-22(26)17-12-24-10-9-14-5-4-6-16(20(14)24)21(17)25/h4-8,11-13H,9-10H2,1-3H3,(H,23,26)/t13-/m1/s1. The van der Waals surface area contributed by atoms with Gasteiger partial charge in [-0.1, -0.05) is 18.2 Å². The van der Waals surface area contributed by atoms with Crippen LogP contribution in [0.25, 0.3) is 10.9 Å². The van der Waals surface area contributed by atoms with Gasteiger partial charge in [-0.05, 0) is 42.7 Å². The van der Waals surface area contributed by atoms with E-state index in [2.05, 4.69) is 5.32 Å². The van der Waals surface area contributed by atoms with Gasteiger partial charge in [-0.25, -0.2) is 0 Å². The minimum atomic E-state index is -0.379. The molecule has 0 bridgehead atoms. The highest BCUT2D eigenvalue weighted by Gasteiger charge is 2.21. The summed E-state index contributed by atoms with van der Waals surface area (Å²) in [6.45, 7) is 2.65. The number of nitrogens with zero attached hydrogens (tertiary/aromatic N) is 1. The number of amides is 1. The quantitative estimate of drug-likeness (QED) is 0.741. The minimum absolute atomic E-state index is 0.166. The molecule has 28 heavy (non-hydrogen) atoms. The fourth-order valence-corrected chi connectivity index (χ4v) is 3.80. The highest BCUT2D eigenvalue weighted by atomic mass is 16.5. The molecule has 0 fully saturated rings. The normalized spacial score (nSPS) is 13.4. The zero-order chi connectivity index (χ0) is 19.8. The van der Waals surface area contributed by atoms with Crippen molar-refractivity contribution in [1.29, 1.82) is 0 Å². The van der Waals surface area contributed by atoms with Gasteiger partial charge < -0.3 is 19.4 Å². The number of aryl methyl sites for hydroxylation is 2. The molecule has 1 N–H and O–H groups in total. The zero-order valence-electron chi connectivity index (χ0n) is 16.1. The lowest BCUT2D eigenvalue weighted by molar-refractivity contribution is 0.0938. The fourth-order valence-electron chi connectivity index (χ4n) is 3.80. The number of rotatable bonds is 5. The molecule has 1 aromatic heterocycles. The summed E-state index contributed by atoms with van der Waals surface area (Å²) in [7, 11) is 3.14. The Morgan fingerprint density at radius 2 is 1.93 bits per heavy atom. The molecule has 0 saturated heterocycles. The van der Waals surface area contributed by atoms with Crippen molar-refractivity contribution in [3.8, 4) is 11.5 Å². The average molecular weight is 378 g/mol. The first-order valence-corrected chi connectivity index (χ1v) is 9.21. The van der Waals surface area contributed by atoms with Crippen LogP contribution >= 0.6 is 0 Å². The van der Waals surface area contributed by atoms with Crippen LogP contribution in [-0.4, -0.2) is 24.7 Å². The molecule has 2 heterocycles. The molecule has 0 radical (unpaired) electrons. The maximum atomic E-state index is 12.9. The van der Waals surface area contributed by atoms with E-state index in [0.717, 1.165) is 29.6 Å². The van der Waals surface area contributed by atoms with Crippen LogP contribution in [0.3, 0.4) is 0 Å². The Labute approximate surface area is 162 Å². The van der Waals surface area contributed by atoms with Crippen molar-refractivity contribution in [2.75, 3.05) is 14.2 Å². The molecular formula is C22H22N2O4. The number of ether oxygens (including phenoxy) is 2. The number of carbonyl (C=O) groups is 1. The summed E-state index contributed by atoms with van der Waals surface area (Å²) in [6, 6.07) is 10.9. The second kappa shape index (κ2) is 7.03. The molecule has 1 aliphatic rings. The lowest BCUT2D eigenvalue weighted by Crippen LogP contribution is -2.31. The monoisotopic (exact) mass is 378 g/mol. The number of pyridine rings is 1. The van der Waals surface area contributed by atoms with E-state index in [-0.39, 0.29) is 22.9 Å². The molecular weight excluding hydrogens is 356 g/mol. The van der Waals surface area contributed by atoms with Crippen LogP contribution in [0.5, 0.6) is 11.5 Å². The number of methoxy groups -OCH3 is 2. The smallest absolute Gasteiger partial charge is 0.257 e. The minimum Gasteiger partial charge on any atom is -0.493 e. The largest absolute Gasteiger partial charge is 0.493 e. The van der Waals surface area contributed by atoms with Gasteiger partial charge in [-0.3, -0.25) is 9.59 Å². The third kappa shape index (κ3) is 2.91. The molecule has 1 atom stereocenters. The van der Waals surface area contributed by atoms with E-state index in [1.54, 1.807) is 32.5 Å². The van der Waals surface area contributed by atoms with Crippen LogP contribution in [0.1, 0.15) is 34.5 Å². The Morgan fingerprint density at radius 1 is 1.14 bits per heavy atom. The topological polar surface area (TPSA) is 69.6 Å². The highest BCUT2D eigenvalue weighted by molar-refractivity contribution is 5.98. The van der Waals surface area contributed by atoms with E-state index in [9.17, 15) is 9.59 Å². The average Bonchev–Trinajstić information content (AvgIpc) is 3.13. The van der Waals surface area contributed by atoms with Gasteiger partial charge >= 0.3 is 0 Å². The summed E-state index contributed by atoms with van der Waals surface area (Å²) in [4.78, 5) is 25.8. The van der Waals surface area contributed by atoms with Crippen LogP contribution in [0.15, 0.2) is 47.4 Å². The number of carbonyl (C=O) groups excluding carboxylic acids is 1. The number of aromatic nitrogens is 1. The van der Waals surface area contributed by atoms with Crippen molar-refractivity contribution in [3.05, 3.63) is 69.5 Å². The SMILES string of the molecule is COc1ccc([C@@H](C)NC(=O)c2cn3c4c(cccc4c2=O)CC3)cc1OC. The van der Waals surface area contributed by atoms with E-state index >= 15 is 0 Å². The third-order valence-electron chi connectivity index (χ3n) is 5.30. The van der Waals surface area contributed by atoms with Gasteiger partial charge in [-0.15, -0.1) is 0 Å². The number of para-hydroxylation sites is 1. The van der Waals surface area contributed by atoms with Crippen molar-refractivity contribution in [3.63, 3.8) is 0 Å². The molecule has 6 nitrogen and oxygen atoms in total. The molecule has 144 valence electrons. The lowest BCUT2D eigenvalue weighted by Gasteiger charge is -2.17. The van der Waals surface area contributed by atoms with Gasteiger partial charge in [0.2, 0.25) is 5.43 Å². The van der Waals surface area contributed by atoms with E-state index in [4.69, 9.17) is 9.47 Å². The number of benzene rings is 2. The number of hydrogen-bond donors (Lipinski definition) is 1. The summed E-state index contributed by atoms with van der Waals surface area (Å²) in [5.74, 6) is 0.833. The molecule has 6 heteroatoms. The predicted molar refractivity (Wildman–Crippen MR) is 107 cm³/mol. The summed E-state index contributed by atoms with van der Waals surface area (Å²) in [5.41, 5.74) is 2.89. The van der Waals surface area contributed by atoms with Gasteiger partial charge in [-0.2, -0.15) is 0 Å². The molecule has 4 rings (SSSR count). The van der Waals surface area contributed by atoms with E-state index in [0.29, 0.717) is 16.9 Å². The maximum absolute atomic E-state index is 12.9. The first-order valence-electron chi connectivity index (χ1n) is 9.21. The van der Waals surface area contributed by atoms with Gasteiger partial charge in [0, 0.05) is 18.1 Å². The summed E-state index contributed by atoms with van der Waals surface area (Å²) in [6.07, 6.45) is 2.56. The summed E-state index contributed by atoms with van der Waals surface area (Å²) >= 11 is 0. The van der Waals surface area contributed by atoms with Crippen LogP contribution in [0.2, 0.25) is 0 Å². The van der Waals surface area contributed by atoms with Crippen molar-refractivity contribution < 1.29 is 14.3 Å². The highest BCUT2D eigenvalue weighted by Crippen LogP contribution is 2.30. The van der Waals surface area contributed by atoms with Gasteiger partial charge in [0.1, 0.15) is 5.56 Å². The molecule has 1 aliphatic heterocycles.